The molecule has 7 heteroatoms. The van der Waals surface area contributed by atoms with E-state index in [-0.39, 0.29) is 17.3 Å². The zero-order valence-corrected chi connectivity index (χ0v) is 23.1. The zero-order chi connectivity index (χ0) is 27.6. The van der Waals surface area contributed by atoms with Crippen molar-refractivity contribution in [2.45, 2.75) is 24.9 Å². The molecule has 4 aromatic rings. The van der Waals surface area contributed by atoms with Gasteiger partial charge in [0, 0.05) is 33.3 Å². The Labute approximate surface area is 240 Å². The van der Waals surface area contributed by atoms with Crippen LogP contribution in [0.5, 0.6) is 5.75 Å². The van der Waals surface area contributed by atoms with Gasteiger partial charge in [-0.2, -0.15) is 0 Å². The molecule has 0 radical (unpaired) electrons. The van der Waals surface area contributed by atoms with Crippen molar-refractivity contribution >= 4 is 52.1 Å². The summed E-state index contributed by atoms with van der Waals surface area (Å²) in [6, 6.07) is 22.1. The van der Waals surface area contributed by atoms with Crippen molar-refractivity contribution in [3.8, 4) is 5.75 Å². The molecule has 0 saturated carbocycles. The molecule has 0 unspecified atom stereocenters. The Balaban J connectivity index is 1.57. The Morgan fingerprint density at radius 2 is 1.70 bits per heavy atom. The number of benzene rings is 3. The number of anilines is 1. The summed E-state index contributed by atoms with van der Waals surface area (Å²) in [7, 11) is 0. The molecule has 1 aromatic heterocycles. The normalized spacial score (nSPS) is 21.9. The summed E-state index contributed by atoms with van der Waals surface area (Å²) in [4.78, 5) is 46.5. The van der Waals surface area contributed by atoms with Crippen molar-refractivity contribution in [2.24, 2.45) is 5.41 Å². The van der Waals surface area contributed by atoms with Gasteiger partial charge in [-0.25, -0.2) is 0 Å². The number of ether oxygens (including phenoxy) is 1. The first-order valence-electron chi connectivity index (χ1n) is 13.2. The molecule has 5 nitrogen and oxygen atoms in total. The van der Waals surface area contributed by atoms with Gasteiger partial charge in [0.15, 0.2) is 17.3 Å². The van der Waals surface area contributed by atoms with E-state index < -0.39 is 23.4 Å². The van der Waals surface area contributed by atoms with Gasteiger partial charge in [-0.1, -0.05) is 72.3 Å². The number of hydrogen-bond acceptors (Lipinski definition) is 6. The van der Waals surface area contributed by atoms with Crippen LogP contribution in [-0.2, 0) is 0 Å². The number of halogens is 1. The summed E-state index contributed by atoms with van der Waals surface area (Å²) in [6.45, 7) is 2.29. The third-order valence-electron chi connectivity index (χ3n) is 8.35. The fourth-order valence-corrected chi connectivity index (χ4v) is 7.76. The van der Waals surface area contributed by atoms with Gasteiger partial charge in [0.1, 0.15) is 17.2 Å². The zero-order valence-electron chi connectivity index (χ0n) is 21.5. The lowest BCUT2D eigenvalue weighted by atomic mass is 9.64. The first-order valence-corrected chi connectivity index (χ1v) is 14.5. The summed E-state index contributed by atoms with van der Waals surface area (Å²) < 4.78 is 6.07. The minimum absolute atomic E-state index is 0.138. The van der Waals surface area contributed by atoms with Crippen LogP contribution in [0.1, 0.15) is 54.4 Å². The minimum atomic E-state index is -1.57. The molecule has 0 N–H and O–H groups in total. The van der Waals surface area contributed by atoms with Crippen LogP contribution in [0.15, 0.2) is 90.3 Å². The lowest BCUT2D eigenvalue weighted by molar-refractivity contribution is 0.0664. The maximum absolute atomic E-state index is 14.7. The molecule has 3 atom stereocenters. The van der Waals surface area contributed by atoms with Crippen LogP contribution in [0.2, 0.25) is 5.02 Å². The van der Waals surface area contributed by atoms with Gasteiger partial charge < -0.3 is 9.64 Å². The predicted octanol–water partition coefficient (Wildman–Crippen LogP) is 7.12. The average Bonchev–Trinajstić information content (AvgIpc) is 3.67. The molecule has 0 amide bonds. The number of hydrogen-bond donors (Lipinski definition) is 0. The smallest absolute Gasteiger partial charge is 0.195 e. The van der Waals surface area contributed by atoms with Crippen LogP contribution < -0.4 is 9.64 Å². The summed E-state index contributed by atoms with van der Waals surface area (Å²) in [6.07, 6.45) is 3.81. The lowest BCUT2D eigenvalue weighted by Crippen LogP contribution is -2.48. The van der Waals surface area contributed by atoms with E-state index in [9.17, 15) is 14.4 Å². The third-order valence-corrected chi connectivity index (χ3v) is 9.47. The van der Waals surface area contributed by atoms with E-state index >= 15 is 0 Å². The highest BCUT2D eigenvalue weighted by Crippen LogP contribution is 2.62. The van der Waals surface area contributed by atoms with Gasteiger partial charge in [-0.3, -0.25) is 14.4 Å². The molecule has 1 spiro atoms. The number of carbonyl (C=O) groups excluding carboxylic acids is 3. The second kappa shape index (κ2) is 9.29. The molecule has 3 heterocycles. The number of carbonyl (C=O) groups is 3. The quantitative estimate of drug-likeness (QED) is 0.190. The fourth-order valence-electron chi connectivity index (χ4n) is 6.88. The molecule has 198 valence electrons. The maximum atomic E-state index is 14.7. The molecule has 3 aliphatic rings. The molecule has 1 fully saturated rings. The predicted molar refractivity (Wildman–Crippen MR) is 157 cm³/mol. The van der Waals surface area contributed by atoms with Gasteiger partial charge in [0.25, 0.3) is 0 Å². The lowest BCUT2D eigenvalue weighted by Gasteiger charge is -2.37. The van der Waals surface area contributed by atoms with Crippen LogP contribution in [-0.4, -0.2) is 36.0 Å². The summed E-state index contributed by atoms with van der Waals surface area (Å²) >= 11 is 7.72. The number of Topliss-reactive ketones (excluding diaryl/α,β-unsaturated/α-hetero) is 3. The van der Waals surface area contributed by atoms with Crippen molar-refractivity contribution < 1.29 is 19.1 Å². The maximum Gasteiger partial charge on any atom is 0.195 e. The van der Waals surface area contributed by atoms with E-state index in [1.54, 1.807) is 36.4 Å². The highest BCUT2D eigenvalue weighted by molar-refractivity contribution is 7.12. The summed E-state index contributed by atoms with van der Waals surface area (Å²) in [5.41, 5.74) is 1.49. The minimum Gasteiger partial charge on any atom is -0.494 e. The fraction of sp³-hybridized carbons (Fsp3) is 0.182. The van der Waals surface area contributed by atoms with E-state index in [0.29, 0.717) is 38.9 Å². The van der Waals surface area contributed by atoms with Gasteiger partial charge in [-0.05, 0) is 48.2 Å². The van der Waals surface area contributed by atoms with E-state index in [1.165, 1.54) is 11.3 Å². The van der Waals surface area contributed by atoms with E-state index in [1.807, 2.05) is 71.8 Å². The number of thiophene rings is 1. The van der Waals surface area contributed by atoms with Gasteiger partial charge in [-0.15, -0.1) is 11.3 Å². The standard InChI is InChI=1S/C33H24ClNO4S/c1-2-39-25-11-6-5-10-23(25)28-29(30(36)26-12-7-17-40-26)35-24-15-14-20(34)18-19(24)13-16-27(35)33(28)31(37)21-8-3-4-9-22(21)32(33)38/h3-18,27-29H,2H2,1H3/t27-,28+,29-/m0/s1. The number of para-hydroxylation sites is 1. The molecule has 3 aromatic carbocycles. The average molecular weight is 566 g/mol. The van der Waals surface area contributed by atoms with Crippen LogP contribution in [0.4, 0.5) is 5.69 Å². The number of nitrogens with zero attached hydrogens (tertiary/aromatic N) is 1. The summed E-state index contributed by atoms with van der Waals surface area (Å²) in [5.74, 6) is -0.907. The van der Waals surface area contributed by atoms with E-state index in [2.05, 4.69) is 0 Å². The molecule has 7 rings (SSSR count). The van der Waals surface area contributed by atoms with Crippen LogP contribution >= 0.6 is 22.9 Å². The number of ketones is 3. The largest absolute Gasteiger partial charge is 0.494 e. The van der Waals surface area contributed by atoms with E-state index in [0.717, 1.165) is 11.3 Å². The highest BCUT2D eigenvalue weighted by atomic mass is 35.5. The molecule has 2 aliphatic heterocycles. The number of fused-ring (bicyclic) bond motifs is 5. The Hall–Kier alpha value is -4.00. The molecule has 0 bridgehead atoms. The summed E-state index contributed by atoms with van der Waals surface area (Å²) in [5, 5.41) is 2.43. The molecular formula is C33H24ClNO4S. The Morgan fingerprint density at radius 1 is 0.975 bits per heavy atom. The monoisotopic (exact) mass is 565 g/mol. The number of rotatable bonds is 5. The Morgan fingerprint density at radius 3 is 2.40 bits per heavy atom. The first kappa shape index (κ1) is 25.0. The van der Waals surface area contributed by atoms with Gasteiger partial charge >= 0.3 is 0 Å². The van der Waals surface area contributed by atoms with Crippen LogP contribution in [0.3, 0.4) is 0 Å². The molecule has 40 heavy (non-hydrogen) atoms. The van der Waals surface area contributed by atoms with Crippen LogP contribution in [0.25, 0.3) is 6.08 Å². The second-order valence-electron chi connectivity index (χ2n) is 10.2. The van der Waals surface area contributed by atoms with E-state index in [4.69, 9.17) is 16.3 Å². The molecule has 1 saturated heterocycles. The first-order chi connectivity index (χ1) is 19.5. The van der Waals surface area contributed by atoms with Gasteiger partial charge in [0.2, 0.25) is 0 Å². The van der Waals surface area contributed by atoms with Crippen molar-refractivity contribution in [3.05, 3.63) is 122 Å². The van der Waals surface area contributed by atoms with Crippen molar-refractivity contribution in [3.63, 3.8) is 0 Å². The second-order valence-corrected chi connectivity index (χ2v) is 11.6. The molecule has 1 aliphatic carbocycles. The van der Waals surface area contributed by atoms with Crippen molar-refractivity contribution in [2.75, 3.05) is 11.5 Å². The third kappa shape index (κ3) is 3.30. The SMILES string of the molecule is CCOc1ccccc1[C@@H]1[C@@H](C(=O)c2cccs2)N2c3ccc(Cl)cc3C=C[C@H]2C12C(=O)c1ccccc1C2=O. The van der Waals surface area contributed by atoms with Crippen molar-refractivity contribution in [1.29, 1.82) is 0 Å². The Bertz CT molecular complexity index is 1690. The molecular weight excluding hydrogens is 542 g/mol. The Kier molecular flexibility index (Phi) is 5.81. The van der Waals surface area contributed by atoms with Gasteiger partial charge in [0.05, 0.1) is 17.5 Å². The van der Waals surface area contributed by atoms with Crippen LogP contribution in [0, 0.1) is 5.41 Å². The van der Waals surface area contributed by atoms with Crippen molar-refractivity contribution in [1.82, 2.24) is 0 Å². The highest BCUT2D eigenvalue weighted by Gasteiger charge is 2.72. The topological polar surface area (TPSA) is 63.7 Å².